The van der Waals surface area contributed by atoms with Crippen molar-refractivity contribution in [1.82, 2.24) is 0 Å². The molecule has 2 nitrogen and oxygen atoms in total. The van der Waals surface area contributed by atoms with E-state index < -0.39 is 0 Å². The van der Waals surface area contributed by atoms with Crippen LogP contribution >= 0.6 is 0 Å². The molecule has 0 heterocycles. The average Bonchev–Trinajstić information content (AvgIpc) is 2.42. The number of methoxy groups -OCH3 is 1. The second-order valence-electron chi connectivity index (χ2n) is 5.03. The van der Waals surface area contributed by atoms with Gasteiger partial charge in [-0.3, -0.25) is 0 Å². The first-order chi connectivity index (χ1) is 9.10. The van der Waals surface area contributed by atoms with Gasteiger partial charge in [-0.1, -0.05) is 45.4 Å². The summed E-state index contributed by atoms with van der Waals surface area (Å²) in [5, 5.41) is 0. The van der Waals surface area contributed by atoms with Crippen LogP contribution < -0.4 is 0 Å². The van der Waals surface area contributed by atoms with E-state index in [2.05, 4.69) is 43.7 Å². The van der Waals surface area contributed by atoms with Gasteiger partial charge >= 0.3 is 5.97 Å². The van der Waals surface area contributed by atoms with Crippen molar-refractivity contribution in [2.75, 3.05) is 7.11 Å². The first-order valence-corrected chi connectivity index (χ1v) is 6.98. The summed E-state index contributed by atoms with van der Waals surface area (Å²) in [7, 11) is 1.40. The normalized spacial score (nSPS) is 11.2. The zero-order valence-corrected chi connectivity index (χ0v) is 12.4. The third-order valence-electron chi connectivity index (χ3n) is 3.24. The minimum atomic E-state index is -0.306. The van der Waals surface area contributed by atoms with Crippen molar-refractivity contribution in [2.45, 2.75) is 46.0 Å². The molecule has 0 aliphatic heterocycles. The van der Waals surface area contributed by atoms with Crippen molar-refractivity contribution in [3.05, 3.63) is 41.0 Å². The van der Waals surface area contributed by atoms with Crippen molar-refractivity contribution in [3.8, 4) is 0 Å². The van der Waals surface area contributed by atoms with E-state index in [-0.39, 0.29) is 5.97 Å². The number of hydrogen-bond acceptors (Lipinski definition) is 2. The molecule has 1 aromatic rings. The van der Waals surface area contributed by atoms with Gasteiger partial charge < -0.3 is 4.74 Å². The zero-order chi connectivity index (χ0) is 14.3. The summed E-state index contributed by atoms with van der Waals surface area (Å²) in [6.45, 7) is 6.54. The van der Waals surface area contributed by atoms with Crippen molar-refractivity contribution < 1.29 is 9.53 Å². The number of esters is 1. The highest BCUT2D eigenvalue weighted by Gasteiger charge is 2.09. The summed E-state index contributed by atoms with van der Waals surface area (Å²) < 4.78 is 4.67. The molecule has 1 rings (SSSR count). The van der Waals surface area contributed by atoms with E-state index >= 15 is 0 Å². The maximum absolute atomic E-state index is 11.3. The fourth-order valence-electron chi connectivity index (χ4n) is 2.14. The lowest BCUT2D eigenvalue weighted by Gasteiger charge is -2.14. The summed E-state index contributed by atoms with van der Waals surface area (Å²) in [6, 6.07) is 6.39. The fourth-order valence-corrected chi connectivity index (χ4v) is 2.14. The first-order valence-electron chi connectivity index (χ1n) is 6.98. The number of aryl methyl sites for hydroxylation is 1. The van der Waals surface area contributed by atoms with Gasteiger partial charge in [0.25, 0.3) is 0 Å². The molecule has 2 heteroatoms. The molecular formula is C17H24O2. The summed E-state index contributed by atoms with van der Waals surface area (Å²) in [4.78, 5) is 11.3. The Kier molecular flexibility index (Phi) is 6.34. The van der Waals surface area contributed by atoms with Gasteiger partial charge in [0.05, 0.1) is 7.11 Å². The van der Waals surface area contributed by atoms with Crippen molar-refractivity contribution >= 4 is 12.0 Å². The Balaban J connectivity index is 3.13. The maximum Gasteiger partial charge on any atom is 0.330 e. The van der Waals surface area contributed by atoms with Gasteiger partial charge in [-0.2, -0.15) is 0 Å². The number of hydrogen-bond donors (Lipinski definition) is 0. The van der Waals surface area contributed by atoms with Gasteiger partial charge in [-0.25, -0.2) is 4.79 Å². The van der Waals surface area contributed by atoms with Gasteiger partial charge in [0, 0.05) is 6.08 Å². The molecule has 0 aromatic heterocycles. The predicted molar refractivity (Wildman–Crippen MR) is 80.2 cm³/mol. The third-order valence-corrected chi connectivity index (χ3v) is 3.24. The summed E-state index contributed by atoms with van der Waals surface area (Å²) in [5.41, 5.74) is 3.78. The third kappa shape index (κ3) is 4.55. The largest absolute Gasteiger partial charge is 0.466 e. The molecule has 0 spiro atoms. The van der Waals surface area contributed by atoms with E-state index in [4.69, 9.17) is 0 Å². The number of benzene rings is 1. The molecule has 0 saturated heterocycles. The lowest BCUT2D eigenvalue weighted by molar-refractivity contribution is -0.134. The van der Waals surface area contributed by atoms with Crippen LogP contribution in [-0.4, -0.2) is 13.1 Å². The van der Waals surface area contributed by atoms with E-state index in [0.717, 1.165) is 6.42 Å². The highest BCUT2D eigenvalue weighted by atomic mass is 16.5. The average molecular weight is 260 g/mol. The Morgan fingerprint density at radius 1 is 1.37 bits per heavy atom. The second kappa shape index (κ2) is 7.78. The molecule has 0 aliphatic carbocycles. The van der Waals surface area contributed by atoms with Crippen LogP contribution in [0.3, 0.4) is 0 Å². The van der Waals surface area contributed by atoms with Gasteiger partial charge in [0.1, 0.15) is 0 Å². The van der Waals surface area contributed by atoms with Crippen LogP contribution in [0.1, 0.15) is 56.2 Å². The van der Waals surface area contributed by atoms with Crippen molar-refractivity contribution in [3.63, 3.8) is 0 Å². The summed E-state index contributed by atoms with van der Waals surface area (Å²) in [6.07, 6.45) is 6.80. The molecule has 0 fully saturated rings. The van der Waals surface area contributed by atoms with E-state index in [0.29, 0.717) is 5.92 Å². The second-order valence-corrected chi connectivity index (χ2v) is 5.03. The molecule has 0 saturated carbocycles. The van der Waals surface area contributed by atoms with Crippen LogP contribution in [0.15, 0.2) is 24.3 Å². The molecule has 0 bridgehead atoms. The number of ether oxygens (including phenoxy) is 1. The first kappa shape index (κ1) is 15.5. The van der Waals surface area contributed by atoms with Crippen LogP contribution in [0, 0.1) is 0 Å². The minimum Gasteiger partial charge on any atom is -0.466 e. The van der Waals surface area contributed by atoms with Crippen molar-refractivity contribution in [1.29, 1.82) is 0 Å². The fraction of sp³-hybridized carbons (Fsp3) is 0.471. The Bertz CT molecular complexity index is 445. The van der Waals surface area contributed by atoms with Gasteiger partial charge in [-0.15, -0.1) is 0 Å². The Morgan fingerprint density at radius 3 is 2.68 bits per heavy atom. The van der Waals surface area contributed by atoms with Crippen LogP contribution in [-0.2, 0) is 16.0 Å². The topological polar surface area (TPSA) is 26.3 Å². The van der Waals surface area contributed by atoms with E-state index in [1.807, 2.05) is 6.08 Å². The zero-order valence-electron chi connectivity index (χ0n) is 12.4. The molecule has 0 N–H and O–H groups in total. The lowest BCUT2D eigenvalue weighted by atomic mass is 9.91. The highest BCUT2D eigenvalue weighted by Crippen LogP contribution is 2.25. The standard InChI is InChI=1S/C17H24O2/c1-5-6-8-14-9-7-10-15(13(2)3)16(14)11-12-17(18)19-4/h7,9-13H,5-6,8H2,1-4H3/b12-11+. The molecule has 104 valence electrons. The molecule has 0 aliphatic rings. The van der Waals surface area contributed by atoms with Crippen LogP contribution in [0.4, 0.5) is 0 Å². The summed E-state index contributed by atoms with van der Waals surface area (Å²) in [5.74, 6) is 0.138. The van der Waals surface area contributed by atoms with Crippen LogP contribution in [0.5, 0.6) is 0 Å². The molecule has 0 amide bonds. The van der Waals surface area contributed by atoms with E-state index in [1.54, 1.807) is 0 Å². The molecule has 0 atom stereocenters. The van der Waals surface area contributed by atoms with Gasteiger partial charge in [-0.05, 0) is 41.5 Å². The van der Waals surface area contributed by atoms with Gasteiger partial charge in [0.15, 0.2) is 0 Å². The maximum atomic E-state index is 11.3. The number of rotatable bonds is 6. The smallest absolute Gasteiger partial charge is 0.330 e. The van der Waals surface area contributed by atoms with E-state index in [9.17, 15) is 4.79 Å². The Hall–Kier alpha value is -1.57. The quantitative estimate of drug-likeness (QED) is 0.562. The Labute approximate surface area is 116 Å². The SMILES string of the molecule is CCCCc1cccc(C(C)C)c1/C=C/C(=O)OC. The summed E-state index contributed by atoms with van der Waals surface area (Å²) >= 11 is 0. The lowest BCUT2D eigenvalue weighted by Crippen LogP contribution is -1.99. The molecule has 0 radical (unpaired) electrons. The minimum absolute atomic E-state index is 0.306. The number of unbranched alkanes of at least 4 members (excludes halogenated alkanes) is 1. The molecule has 1 aromatic carbocycles. The number of carbonyl (C=O) groups is 1. The molecule has 19 heavy (non-hydrogen) atoms. The van der Waals surface area contributed by atoms with Crippen molar-refractivity contribution in [2.24, 2.45) is 0 Å². The highest BCUT2D eigenvalue weighted by molar-refractivity contribution is 5.87. The van der Waals surface area contributed by atoms with Gasteiger partial charge in [0.2, 0.25) is 0 Å². The van der Waals surface area contributed by atoms with E-state index in [1.165, 1.54) is 42.7 Å². The molecular weight excluding hydrogens is 236 g/mol. The van der Waals surface area contributed by atoms with Crippen LogP contribution in [0.25, 0.3) is 6.08 Å². The molecule has 0 unspecified atom stereocenters. The predicted octanol–water partition coefficient (Wildman–Crippen LogP) is 4.34. The van der Waals surface area contributed by atoms with Crippen LogP contribution in [0.2, 0.25) is 0 Å². The Morgan fingerprint density at radius 2 is 2.11 bits per heavy atom. The monoisotopic (exact) mass is 260 g/mol. The number of carbonyl (C=O) groups excluding carboxylic acids is 1.